The molecular formula is C80H156O17P2. The second-order valence-corrected chi connectivity index (χ2v) is 32.0. The second kappa shape index (κ2) is 73.0. The van der Waals surface area contributed by atoms with Gasteiger partial charge in [0.1, 0.15) is 19.3 Å². The maximum absolute atomic E-state index is 13.1. The van der Waals surface area contributed by atoms with Crippen LogP contribution >= 0.6 is 15.6 Å². The van der Waals surface area contributed by atoms with Crippen molar-refractivity contribution < 1.29 is 80.2 Å². The van der Waals surface area contributed by atoms with Gasteiger partial charge in [-0.1, -0.05) is 375 Å². The molecule has 0 saturated heterocycles. The summed E-state index contributed by atoms with van der Waals surface area (Å²) in [6.07, 6.45) is 63.9. The Hall–Kier alpha value is -1.94. The van der Waals surface area contributed by atoms with Gasteiger partial charge in [-0.3, -0.25) is 37.3 Å². The zero-order chi connectivity index (χ0) is 72.7. The third kappa shape index (κ3) is 72.8. The van der Waals surface area contributed by atoms with Crippen molar-refractivity contribution in [1.82, 2.24) is 0 Å². The molecule has 0 aliphatic carbocycles. The van der Waals surface area contributed by atoms with Crippen molar-refractivity contribution in [1.29, 1.82) is 0 Å². The smallest absolute Gasteiger partial charge is 0.462 e. The van der Waals surface area contributed by atoms with Gasteiger partial charge >= 0.3 is 39.5 Å². The van der Waals surface area contributed by atoms with Crippen molar-refractivity contribution in [3.63, 3.8) is 0 Å². The van der Waals surface area contributed by atoms with Crippen LogP contribution < -0.4 is 0 Å². The number of hydrogen-bond acceptors (Lipinski definition) is 15. The van der Waals surface area contributed by atoms with Crippen LogP contribution in [0.3, 0.4) is 0 Å². The molecule has 0 spiro atoms. The Bertz CT molecular complexity index is 1890. The summed E-state index contributed by atoms with van der Waals surface area (Å²) in [4.78, 5) is 72.8. The molecule has 17 nitrogen and oxygen atoms in total. The fourth-order valence-corrected chi connectivity index (χ4v) is 14.0. The van der Waals surface area contributed by atoms with Crippen molar-refractivity contribution >= 4 is 39.5 Å². The third-order valence-electron chi connectivity index (χ3n) is 19.1. The third-order valence-corrected chi connectivity index (χ3v) is 21.0. The summed E-state index contributed by atoms with van der Waals surface area (Å²) in [5, 5.41) is 10.6. The van der Waals surface area contributed by atoms with Crippen LogP contribution in [0.1, 0.15) is 426 Å². The van der Waals surface area contributed by atoms with Crippen LogP contribution in [0.5, 0.6) is 0 Å². The highest BCUT2D eigenvalue weighted by molar-refractivity contribution is 7.47. The molecule has 0 bridgehead atoms. The predicted molar refractivity (Wildman–Crippen MR) is 405 cm³/mol. The Balaban J connectivity index is 5.18. The topological polar surface area (TPSA) is 237 Å². The summed E-state index contributed by atoms with van der Waals surface area (Å²) in [5.41, 5.74) is 0. The summed E-state index contributed by atoms with van der Waals surface area (Å²) >= 11 is 0. The van der Waals surface area contributed by atoms with Gasteiger partial charge in [0.25, 0.3) is 0 Å². The maximum atomic E-state index is 13.1. The van der Waals surface area contributed by atoms with E-state index in [2.05, 4.69) is 34.6 Å². The average molecular weight is 1450 g/mol. The molecule has 0 heterocycles. The number of rotatable bonds is 80. The summed E-state index contributed by atoms with van der Waals surface area (Å²) in [6.45, 7) is 7.34. The zero-order valence-corrected chi connectivity index (χ0v) is 66.4. The minimum atomic E-state index is -4.96. The number of unbranched alkanes of at least 4 members (excludes halogenated alkanes) is 51. The molecule has 588 valence electrons. The van der Waals surface area contributed by atoms with Crippen LogP contribution in [0.2, 0.25) is 0 Å². The first-order chi connectivity index (χ1) is 48.1. The molecule has 6 atom stereocenters. The number of phosphoric ester groups is 2. The number of phosphoric acid groups is 2. The molecule has 3 N–H and O–H groups in total. The fourth-order valence-electron chi connectivity index (χ4n) is 12.4. The minimum absolute atomic E-state index is 0.108. The van der Waals surface area contributed by atoms with E-state index in [0.29, 0.717) is 25.7 Å². The van der Waals surface area contributed by atoms with E-state index in [1.54, 1.807) is 0 Å². The number of aliphatic hydroxyl groups excluding tert-OH is 1. The van der Waals surface area contributed by atoms with Crippen molar-refractivity contribution in [2.75, 3.05) is 39.6 Å². The van der Waals surface area contributed by atoms with Gasteiger partial charge < -0.3 is 33.8 Å². The lowest BCUT2D eigenvalue weighted by Crippen LogP contribution is -2.30. The molecule has 19 heteroatoms. The van der Waals surface area contributed by atoms with Crippen molar-refractivity contribution in [2.45, 2.75) is 445 Å². The molecule has 0 rings (SSSR count). The molecular weight excluding hydrogens is 1290 g/mol. The molecule has 0 aromatic rings. The molecule has 0 amide bonds. The standard InChI is InChI=1S/C80H156O17P2/c1-6-10-13-16-19-21-23-25-27-28-29-30-31-32-38-42-46-51-56-61-66-80(85)97-76(70-91-78(83)64-59-54-49-44-40-37-34-33-35-39-43-48-52-57-62-73(5)9-4)72-95-99(88,89)93-68-74(81)67-92-98(86,87)94-71-75(69-90-77(82)63-58-53-47-18-15-12-8-3)96-79(84)65-60-55-50-45-41-36-26-24-22-20-17-14-11-7-2/h73-76,81H,6-72H2,1-5H3,(H,86,87)(H,88,89)/t73?,74-,75+,76+/m0/s1. The van der Waals surface area contributed by atoms with E-state index in [-0.39, 0.29) is 25.7 Å². The van der Waals surface area contributed by atoms with Crippen molar-refractivity contribution in [2.24, 2.45) is 5.92 Å². The molecule has 0 fully saturated rings. The van der Waals surface area contributed by atoms with Gasteiger partial charge in [-0.25, -0.2) is 9.13 Å². The van der Waals surface area contributed by atoms with Crippen LogP contribution in [0.25, 0.3) is 0 Å². The van der Waals surface area contributed by atoms with E-state index in [9.17, 15) is 43.2 Å². The highest BCUT2D eigenvalue weighted by Crippen LogP contribution is 2.45. The van der Waals surface area contributed by atoms with Crippen molar-refractivity contribution in [3.05, 3.63) is 0 Å². The van der Waals surface area contributed by atoms with Crippen LogP contribution in [0, 0.1) is 5.92 Å². The lowest BCUT2D eigenvalue weighted by atomic mass is 9.99. The summed E-state index contributed by atoms with van der Waals surface area (Å²) in [5.74, 6) is -1.26. The van der Waals surface area contributed by atoms with Gasteiger partial charge in [-0.05, 0) is 31.6 Å². The zero-order valence-electron chi connectivity index (χ0n) is 64.6. The lowest BCUT2D eigenvalue weighted by Gasteiger charge is -2.21. The van der Waals surface area contributed by atoms with E-state index in [0.717, 1.165) is 109 Å². The molecule has 0 saturated carbocycles. The Morgan fingerprint density at radius 3 is 0.717 bits per heavy atom. The molecule has 0 aromatic heterocycles. The number of esters is 4. The largest absolute Gasteiger partial charge is 0.472 e. The van der Waals surface area contributed by atoms with E-state index in [4.69, 9.17) is 37.0 Å². The maximum Gasteiger partial charge on any atom is 0.472 e. The molecule has 0 aliphatic rings. The Labute approximate surface area is 607 Å². The number of ether oxygens (including phenoxy) is 4. The summed E-state index contributed by atoms with van der Waals surface area (Å²) < 4.78 is 68.6. The first-order valence-corrected chi connectivity index (χ1v) is 44.7. The van der Waals surface area contributed by atoms with Crippen LogP contribution in [-0.2, 0) is 65.4 Å². The van der Waals surface area contributed by atoms with Crippen LogP contribution in [0.15, 0.2) is 0 Å². The van der Waals surface area contributed by atoms with Gasteiger partial charge in [-0.15, -0.1) is 0 Å². The first-order valence-electron chi connectivity index (χ1n) is 41.7. The fraction of sp³-hybridized carbons (Fsp3) is 0.950. The molecule has 0 radical (unpaired) electrons. The first kappa shape index (κ1) is 97.1. The van der Waals surface area contributed by atoms with Gasteiger partial charge in [-0.2, -0.15) is 0 Å². The van der Waals surface area contributed by atoms with E-state index >= 15 is 0 Å². The van der Waals surface area contributed by atoms with Gasteiger partial charge in [0.05, 0.1) is 26.4 Å². The highest BCUT2D eigenvalue weighted by Gasteiger charge is 2.30. The monoisotopic (exact) mass is 1450 g/mol. The Morgan fingerprint density at radius 2 is 0.485 bits per heavy atom. The van der Waals surface area contributed by atoms with Crippen molar-refractivity contribution in [3.8, 4) is 0 Å². The molecule has 0 aromatic carbocycles. The summed E-state index contributed by atoms with van der Waals surface area (Å²) in [7, 11) is -9.91. The van der Waals surface area contributed by atoms with Gasteiger partial charge in [0.2, 0.25) is 0 Å². The van der Waals surface area contributed by atoms with Gasteiger partial charge in [0, 0.05) is 25.7 Å². The van der Waals surface area contributed by atoms with Crippen LogP contribution in [-0.4, -0.2) is 96.7 Å². The lowest BCUT2D eigenvalue weighted by molar-refractivity contribution is -0.161. The molecule has 99 heavy (non-hydrogen) atoms. The van der Waals surface area contributed by atoms with E-state index in [1.165, 1.54) is 238 Å². The minimum Gasteiger partial charge on any atom is -0.462 e. The second-order valence-electron chi connectivity index (χ2n) is 29.1. The quantitative estimate of drug-likeness (QED) is 0.0222. The van der Waals surface area contributed by atoms with E-state index in [1.807, 2.05) is 0 Å². The average Bonchev–Trinajstić information content (AvgIpc) is 1.36. The number of carbonyl (C=O) groups is 4. The SMILES string of the molecule is CCCCCCCCCCCCCCCCCCCCCCC(=O)O[C@H](COC(=O)CCCCCCCCCCCCCCCCC(C)CC)COP(=O)(O)OC[C@@H](O)COP(=O)(O)OC[C@@H](COC(=O)CCCCCCCCC)OC(=O)CCCCCCCCCCCCCCCC. The Kier molecular flexibility index (Phi) is 71.6. The normalized spacial score (nSPS) is 14.1. The summed E-state index contributed by atoms with van der Waals surface area (Å²) in [6, 6.07) is 0. The molecule has 0 aliphatic heterocycles. The van der Waals surface area contributed by atoms with E-state index < -0.39 is 97.5 Å². The highest BCUT2D eigenvalue weighted by atomic mass is 31.2. The van der Waals surface area contributed by atoms with Crippen LogP contribution in [0.4, 0.5) is 0 Å². The number of hydrogen-bond donors (Lipinski definition) is 3. The number of aliphatic hydroxyl groups is 1. The number of carbonyl (C=O) groups excluding carboxylic acids is 4. The predicted octanol–water partition coefficient (Wildman–Crippen LogP) is 24.0. The molecule has 3 unspecified atom stereocenters. The Morgan fingerprint density at radius 1 is 0.283 bits per heavy atom. The van der Waals surface area contributed by atoms with Gasteiger partial charge in [0.15, 0.2) is 12.2 Å².